The molecule has 2 nitrogen and oxygen atoms in total. The molecule has 0 aromatic carbocycles. The molecular weight excluding hydrogens is 136 g/mol. The van der Waals surface area contributed by atoms with Crippen LogP contribution in [-0.2, 0) is 9.84 Å². The monoisotopic (exact) mass is 146 g/mol. The third kappa shape index (κ3) is 1.97. The van der Waals surface area contributed by atoms with Crippen LogP contribution < -0.4 is 0 Å². The maximum atomic E-state index is 10.7. The molecule has 0 atom stereocenters. The zero-order valence-electron chi connectivity index (χ0n) is 5.21. The summed E-state index contributed by atoms with van der Waals surface area (Å²) in [5.74, 6) is 0.691. The molecular formula is C6H10O2S. The van der Waals surface area contributed by atoms with E-state index >= 15 is 0 Å². The van der Waals surface area contributed by atoms with Gasteiger partial charge in [-0.15, -0.1) is 0 Å². The highest BCUT2D eigenvalue weighted by molar-refractivity contribution is 7.91. The Morgan fingerprint density at radius 2 is 1.67 bits per heavy atom. The van der Waals surface area contributed by atoms with Crippen LogP contribution >= 0.6 is 0 Å². The summed E-state index contributed by atoms with van der Waals surface area (Å²) in [6, 6.07) is 0. The molecule has 1 aliphatic heterocycles. The van der Waals surface area contributed by atoms with Crippen LogP contribution in [-0.4, -0.2) is 19.9 Å². The van der Waals surface area contributed by atoms with E-state index in [9.17, 15) is 8.42 Å². The van der Waals surface area contributed by atoms with E-state index in [0.717, 1.165) is 0 Å². The molecule has 0 spiro atoms. The van der Waals surface area contributed by atoms with Gasteiger partial charge in [0.1, 0.15) is 9.84 Å². The first-order valence-corrected chi connectivity index (χ1v) is 4.88. The van der Waals surface area contributed by atoms with Gasteiger partial charge in [-0.1, -0.05) is 0 Å². The molecule has 1 saturated heterocycles. The van der Waals surface area contributed by atoms with E-state index in [1.54, 1.807) is 0 Å². The van der Waals surface area contributed by atoms with Gasteiger partial charge in [-0.05, 0) is 25.7 Å². The Bertz CT molecular complexity index is 167. The van der Waals surface area contributed by atoms with Crippen LogP contribution in [0.4, 0.5) is 0 Å². The van der Waals surface area contributed by atoms with Gasteiger partial charge >= 0.3 is 0 Å². The van der Waals surface area contributed by atoms with Crippen molar-refractivity contribution in [1.82, 2.24) is 0 Å². The molecule has 1 heterocycles. The van der Waals surface area contributed by atoms with Crippen LogP contribution in [0.2, 0.25) is 0 Å². The second-order valence-electron chi connectivity index (χ2n) is 2.49. The van der Waals surface area contributed by atoms with Crippen molar-refractivity contribution in [2.75, 3.05) is 11.5 Å². The predicted octanol–water partition coefficient (Wildman–Crippen LogP) is 0.522. The van der Waals surface area contributed by atoms with Gasteiger partial charge in [-0.3, -0.25) is 0 Å². The van der Waals surface area contributed by atoms with Crippen molar-refractivity contribution in [3.05, 3.63) is 6.92 Å². The molecule has 0 aliphatic carbocycles. The number of sulfone groups is 1. The van der Waals surface area contributed by atoms with Gasteiger partial charge in [0, 0.05) is 0 Å². The first-order valence-electron chi connectivity index (χ1n) is 3.06. The quantitative estimate of drug-likeness (QED) is 0.499. The zero-order chi connectivity index (χ0) is 6.91. The van der Waals surface area contributed by atoms with Gasteiger partial charge in [0.2, 0.25) is 0 Å². The van der Waals surface area contributed by atoms with Crippen molar-refractivity contribution in [2.24, 2.45) is 5.92 Å². The van der Waals surface area contributed by atoms with Crippen molar-refractivity contribution < 1.29 is 8.42 Å². The molecule has 52 valence electrons. The van der Waals surface area contributed by atoms with Gasteiger partial charge in [0.15, 0.2) is 0 Å². The first kappa shape index (κ1) is 7.06. The van der Waals surface area contributed by atoms with E-state index in [4.69, 9.17) is 6.92 Å². The van der Waals surface area contributed by atoms with Crippen molar-refractivity contribution >= 4 is 9.84 Å². The van der Waals surface area contributed by atoms with E-state index in [2.05, 4.69) is 0 Å². The SMILES string of the molecule is [CH]C1CCS(=O)(=O)CC1. The fourth-order valence-corrected chi connectivity index (χ4v) is 2.44. The average Bonchev–Trinajstić information content (AvgIpc) is 1.78. The van der Waals surface area contributed by atoms with Gasteiger partial charge in [0.05, 0.1) is 11.5 Å². The van der Waals surface area contributed by atoms with Gasteiger partial charge < -0.3 is 0 Å². The summed E-state index contributed by atoms with van der Waals surface area (Å²) >= 11 is 0. The lowest BCUT2D eigenvalue weighted by Gasteiger charge is -2.16. The summed E-state index contributed by atoms with van der Waals surface area (Å²) < 4.78 is 21.5. The summed E-state index contributed by atoms with van der Waals surface area (Å²) in [4.78, 5) is 0. The largest absolute Gasteiger partial charge is 0.229 e. The normalized spacial score (nSPS) is 28.1. The Morgan fingerprint density at radius 1 is 1.22 bits per heavy atom. The first-order chi connectivity index (χ1) is 4.10. The van der Waals surface area contributed by atoms with Crippen LogP contribution in [0.15, 0.2) is 0 Å². The van der Waals surface area contributed by atoms with Crippen LogP contribution in [0, 0.1) is 12.8 Å². The fraction of sp³-hybridized carbons (Fsp3) is 0.833. The van der Waals surface area contributed by atoms with Gasteiger partial charge in [0.25, 0.3) is 0 Å². The molecule has 0 aromatic rings. The Labute approximate surface area is 56.2 Å². The number of hydrogen-bond donors (Lipinski definition) is 0. The number of hydrogen-bond acceptors (Lipinski definition) is 2. The maximum absolute atomic E-state index is 10.7. The summed E-state index contributed by atoms with van der Waals surface area (Å²) in [6.07, 6.45) is 1.28. The third-order valence-corrected chi connectivity index (χ3v) is 3.31. The van der Waals surface area contributed by atoms with Crippen molar-refractivity contribution in [3.63, 3.8) is 0 Å². The van der Waals surface area contributed by atoms with Crippen molar-refractivity contribution in [3.8, 4) is 0 Å². The minimum atomic E-state index is -2.70. The minimum absolute atomic E-state index is 0.119. The Hall–Kier alpha value is -0.0500. The Kier molecular flexibility index (Phi) is 1.80. The second-order valence-corrected chi connectivity index (χ2v) is 4.79. The highest BCUT2D eigenvalue weighted by Gasteiger charge is 2.19. The zero-order valence-corrected chi connectivity index (χ0v) is 6.02. The molecule has 3 heteroatoms. The van der Waals surface area contributed by atoms with E-state index < -0.39 is 9.84 Å². The molecule has 0 bridgehead atoms. The fourth-order valence-electron chi connectivity index (χ4n) is 0.908. The van der Waals surface area contributed by atoms with Gasteiger partial charge in [-0.2, -0.15) is 0 Å². The van der Waals surface area contributed by atoms with Crippen molar-refractivity contribution in [1.29, 1.82) is 0 Å². The molecule has 2 radical (unpaired) electrons. The number of rotatable bonds is 0. The van der Waals surface area contributed by atoms with Gasteiger partial charge in [-0.25, -0.2) is 8.42 Å². The summed E-state index contributed by atoms with van der Waals surface area (Å²) in [5, 5.41) is 0. The third-order valence-electron chi connectivity index (χ3n) is 1.60. The standard InChI is InChI=1S/C6H10O2S/c1-6-2-4-9(7,8)5-3-6/h1,6H,2-5H2. The molecule has 1 aliphatic rings. The maximum Gasteiger partial charge on any atom is 0.150 e. The van der Waals surface area contributed by atoms with E-state index in [-0.39, 0.29) is 17.4 Å². The summed E-state index contributed by atoms with van der Waals surface area (Å²) in [5.41, 5.74) is 0. The topological polar surface area (TPSA) is 34.1 Å². The lowest BCUT2D eigenvalue weighted by atomic mass is 10.1. The Morgan fingerprint density at radius 3 is 2.00 bits per heavy atom. The summed E-state index contributed by atoms with van der Waals surface area (Å²) in [7, 11) is -2.70. The Balaban J connectivity index is 2.55. The lowest BCUT2D eigenvalue weighted by Crippen LogP contribution is -2.21. The molecule has 0 amide bonds. The smallest absolute Gasteiger partial charge is 0.150 e. The molecule has 1 rings (SSSR count). The lowest BCUT2D eigenvalue weighted by molar-refractivity contribution is 0.532. The molecule has 0 saturated carbocycles. The summed E-state index contributed by atoms with van der Waals surface area (Å²) in [6.45, 7) is 5.49. The van der Waals surface area contributed by atoms with Crippen LogP contribution in [0.25, 0.3) is 0 Å². The molecule has 0 unspecified atom stereocenters. The van der Waals surface area contributed by atoms with Crippen molar-refractivity contribution in [2.45, 2.75) is 12.8 Å². The average molecular weight is 146 g/mol. The molecule has 9 heavy (non-hydrogen) atoms. The molecule has 1 fully saturated rings. The van der Waals surface area contributed by atoms with Crippen LogP contribution in [0.5, 0.6) is 0 Å². The predicted molar refractivity (Wildman–Crippen MR) is 35.7 cm³/mol. The second kappa shape index (κ2) is 2.29. The highest BCUT2D eigenvalue weighted by atomic mass is 32.2. The minimum Gasteiger partial charge on any atom is -0.229 e. The van der Waals surface area contributed by atoms with Crippen LogP contribution in [0.1, 0.15) is 12.8 Å². The van der Waals surface area contributed by atoms with E-state index in [0.29, 0.717) is 12.8 Å². The van der Waals surface area contributed by atoms with E-state index in [1.165, 1.54) is 0 Å². The van der Waals surface area contributed by atoms with E-state index in [1.807, 2.05) is 0 Å². The molecule has 0 aromatic heterocycles. The van der Waals surface area contributed by atoms with Crippen LogP contribution in [0.3, 0.4) is 0 Å². The highest BCUT2D eigenvalue weighted by Crippen LogP contribution is 2.16. The molecule has 0 N–H and O–H groups in total.